The molecule has 0 amide bonds. The number of nitrogens with one attached hydrogen (secondary N) is 2. The zero-order chi connectivity index (χ0) is 11.5. The van der Waals surface area contributed by atoms with Crippen LogP contribution in [0.1, 0.15) is 49.2 Å². The lowest BCUT2D eigenvalue weighted by Gasteiger charge is -2.20. The Morgan fingerprint density at radius 1 is 1.12 bits per heavy atom. The predicted octanol–water partition coefficient (Wildman–Crippen LogP) is 1.17. The van der Waals surface area contributed by atoms with Crippen molar-refractivity contribution in [2.45, 2.75) is 37.5 Å². The molecule has 1 aromatic heterocycles. The van der Waals surface area contributed by atoms with Crippen LogP contribution in [0.25, 0.3) is 0 Å². The molecule has 2 N–H and O–H groups in total. The van der Waals surface area contributed by atoms with Gasteiger partial charge in [0.2, 0.25) is 0 Å². The van der Waals surface area contributed by atoms with E-state index < -0.39 is 0 Å². The van der Waals surface area contributed by atoms with E-state index >= 15 is 0 Å². The average Bonchev–Trinajstić information content (AvgIpc) is 2.90. The predicted molar refractivity (Wildman–Crippen MR) is 64.0 cm³/mol. The Morgan fingerprint density at radius 3 is 2.76 bits per heavy atom. The summed E-state index contributed by atoms with van der Waals surface area (Å²) >= 11 is 0. The van der Waals surface area contributed by atoms with Crippen molar-refractivity contribution in [3.63, 3.8) is 0 Å². The summed E-state index contributed by atoms with van der Waals surface area (Å²) in [5.41, 5.74) is 0. The molecule has 17 heavy (non-hydrogen) atoms. The first-order valence-electron chi connectivity index (χ1n) is 6.64. The van der Waals surface area contributed by atoms with Gasteiger partial charge in [0.25, 0.3) is 0 Å². The van der Waals surface area contributed by atoms with Gasteiger partial charge in [-0.3, -0.25) is 5.10 Å². The molecule has 5 nitrogen and oxygen atoms in total. The highest BCUT2D eigenvalue weighted by Crippen LogP contribution is 2.26. The molecule has 1 atom stereocenters. The van der Waals surface area contributed by atoms with Gasteiger partial charge in [-0.25, -0.2) is 4.98 Å². The molecule has 2 aliphatic heterocycles. The summed E-state index contributed by atoms with van der Waals surface area (Å²) in [6.07, 6.45) is 4.57. The largest absolute Gasteiger partial charge is 0.381 e. The second-order valence-corrected chi connectivity index (χ2v) is 5.01. The normalized spacial score (nSPS) is 27.2. The molecule has 1 aromatic rings. The Bertz CT molecular complexity index is 321. The van der Waals surface area contributed by atoms with Crippen LogP contribution in [-0.4, -0.2) is 41.5 Å². The van der Waals surface area contributed by atoms with Crippen molar-refractivity contribution in [2.24, 2.45) is 0 Å². The van der Waals surface area contributed by atoms with Crippen molar-refractivity contribution in [2.75, 3.05) is 26.3 Å². The molecule has 3 rings (SSSR count). The van der Waals surface area contributed by atoms with Gasteiger partial charge in [-0.1, -0.05) is 0 Å². The molecule has 0 saturated carbocycles. The van der Waals surface area contributed by atoms with E-state index in [1.165, 1.54) is 12.8 Å². The standard InChI is InChI=1S/C12H20N4O/c1-2-10(8-13-5-1)12-14-11(15-16-12)9-3-6-17-7-4-9/h9-10,13H,1-8H2,(H,14,15,16). The molecule has 5 heteroatoms. The maximum absolute atomic E-state index is 5.37. The molecule has 0 bridgehead atoms. The highest BCUT2D eigenvalue weighted by Gasteiger charge is 2.23. The summed E-state index contributed by atoms with van der Waals surface area (Å²) in [6, 6.07) is 0. The van der Waals surface area contributed by atoms with E-state index in [0.29, 0.717) is 11.8 Å². The first kappa shape index (κ1) is 11.2. The van der Waals surface area contributed by atoms with Crippen LogP contribution < -0.4 is 5.32 Å². The minimum absolute atomic E-state index is 0.494. The number of piperidine rings is 1. The Morgan fingerprint density at radius 2 is 2.00 bits per heavy atom. The highest BCUT2D eigenvalue weighted by atomic mass is 16.5. The van der Waals surface area contributed by atoms with Crippen LogP contribution in [0.3, 0.4) is 0 Å². The van der Waals surface area contributed by atoms with Crippen molar-refractivity contribution in [3.05, 3.63) is 11.6 Å². The van der Waals surface area contributed by atoms with Crippen molar-refractivity contribution in [3.8, 4) is 0 Å². The smallest absolute Gasteiger partial charge is 0.155 e. The molecule has 0 spiro atoms. The van der Waals surface area contributed by atoms with Crippen molar-refractivity contribution in [1.29, 1.82) is 0 Å². The van der Waals surface area contributed by atoms with Gasteiger partial charge in [0.1, 0.15) is 5.82 Å². The molecule has 94 valence electrons. The molecule has 2 saturated heterocycles. The summed E-state index contributed by atoms with van der Waals surface area (Å²) in [4.78, 5) is 4.70. The SMILES string of the molecule is C1CNCC(c2n[nH]c(C3CCOCC3)n2)C1. The van der Waals surface area contributed by atoms with Gasteiger partial charge in [0, 0.05) is 31.6 Å². The second kappa shape index (κ2) is 5.14. The minimum Gasteiger partial charge on any atom is -0.381 e. The number of H-pyrrole nitrogens is 1. The van der Waals surface area contributed by atoms with Crippen LogP contribution in [0.4, 0.5) is 0 Å². The van der Waals surface area contributed by atoms with E-state index in [2.05, 4.69) is 15.5 Å². The zero-order valence-electron chi connectivity index (χ0n) is 10.1. The van der Waals surface area contributed by atoms with E-state index in [9.17, 15) is 0 Å². The quantitative estimate of drug-likeness (QED) is 0.809. The second-order valence-electron chi connectivity index (χ2n) is 5.01. The summed E-state index contributed by atoms with van der Waals surface area (Å²) in [6.45, 7) is 3.86. The van der Waals surface area contributed by atoms with Crippen LogP contribution >= 0.6 is 0 Å². The summed E-state index contributed by atoms with van der Waals surface area (Å²) in [7, 11) is 0. The monoisotopic (exact) mass is 236 g/mol. The highest BCUT2D eigenvalue weighted by molar-refractivity contribution is 5.04. The number of aromatic amines is 1. The van der Waals surface area contributed by atoms with Crippen LogP contribution in [0, 0.1) is 0 Å². The first-order chi connectivity index (χ1) is 8.43. The molecular weight excluding hydrogens is 216 g/mol. The lowest BCUT2D eigenvalue weighted by Crippen LogP contribution is -2.29. The number of nitrogens with zero attached hydrogens (tertiary/aromatic N) is 2. The Balaban J connectivity index is 1.68. The van der Waals surface area contributed by atoms with Crippen molar-refractivity contribution >= 4 is 0 Å². The van der Waals surface area contributed by atoms with E-state index in [0.717, 1.165) is 50.8 Å². The lowest BCUT2D eigenvalue weighted by molar-refractivity contribution is 0.0836. The molecule has 2 fully saturated rings. The van der Waals surface area contributed by atoms with Crippen molar-refractivity contribution in [1.82, 2.24) is 20.5 Å². The van der Waals surface area contributed by atoms with Gasteiger partial charge in [-0.15, -0.1) is 0 Å². The summed E-state index contributed by atoms with van der Waals surface area (Å²) in [5, 5.41) is 10.9. The van der Waals surface area contributed by atoms with Gasteiger partial charge in [0.15, 0.2) is 5.82 Å². The number of aromatic nitrogens is 3. The Kier molecular flexibility index (Phi) is 3.38. The molecule has 1 unspecified atom stereocenters. The van der Waals surface area contributed by atoms with Crippen LogP contribution in [0.15, 0.2) is 0 Å². The van der Waals surface area contributed by atoms with Gasteiger partial charge < -0.3 is 10.1 Å². The number of rotatable bonds is 2. The van der Waals surface area contributed by atoms with E-state index in [-0.39, 0.29) is 0 Å². The maximum atomic E-state index is 5.37. The molecule has 2 aliphatic rings. The summed E-state index contributed by atoms with van der Waals surface area (Å²) in [5.74, 6) is 3.07. The molecule has 0 aliphatic carbocycles. The van der Waals surface area contributed by atoms with Gasteiger partial charge >= 0.3 is 0 Å². The molecule has 0 aromatic carbocycles. The number of ether oxygens (including phenoxy) is 1. The third-order valence-electron chi connectivity index (χ3n) is 3.79. The minimum atomic E-state index is 0.494. The fraction of sp³-hybridized carbons (Fsp3) is 0.833. The molecule has 0 radical (unpaired) electrons. The molecule has 3 heterocycles. The topological polar surface area (TPSA) is 62.8 Å². The van der Waals surface area contributed by atoms with Gasteiger partial charge in [-0.05, 0) is 32.2 Å². The van der Waals surface area contributed by atoms with E-state index in [1.54, 1.807) is 0 Å². The van der Waals surface area contributed by atoms with Crippen LogP contribution in [0.2, 0.25) is 0 Å². The molecular formula is C12H20N4O. The average molecular weight is 236 g/mol. The summed E-state index contributed by atoms with van der Waals surface area (Å²) < 4.78 is 5.37. The lowest BCUT2D eigenvalue weighted by atomic mass is 9.98. The first-order valence-corrected chi connectivity index (χ1v) is 6.64. The Hall–Kier alpha value is -0.940. The van der Waals surface area contributed by atoms with E-state index in [4.69, 9.17) is 9.72 Å². The van der Waals surface area contributed by atoms with E-state index in [1.807, 2.05) is 0 Å². The number of hydrogen-bond acceptors (Lipinski definition) is 4. The zero-order valence-corrected chi connectivity index (χ0v) is 10.1. The van der Waals surface area contributed by atoms with Gasteiger partial charge in [0.05, 0.1) is 0 Å². The fourth-order valence-corrected chi connectivity index (χ4v) is 2.70. The third-order valence-corrected chi connectivity index (χ3v) is 3.79. The maximum Gasteiger partial charge on any atom is 0.155 e. The number of hydrogen-bond donors (Lipinski definition) is 2. The van der Waals surface area contributed by atoms with Crippen LogP contribution in [0.5, 0.6) is 0 Å². The van der Waals surface area contributed by atoms with Crippen LogP contribution in [-0.2, 0) is 4.74 Å². The third kappa shape index (κ3) is 2.50. The fourth-order valence-electron chi connectivity index (χ4n) is 2.70. The van der Waals surface area contributed by atoms with Crippen molar-refractivity contribution < 1.29 is 4.74 Å². The van der Waals surface area contributed by atoms with Gasteiger partial charge in [-0.2, -0.15) is 5.10 Å². The Labute approximate surface area is 101 Å².